The van der Waals surface area contributed by atoms with Gasteiger partial charge in [-0.3, -0.25) is 0 Å². The van der Waals surface area contributed by atoms with Crippen molar-refractivity contribution < 1.29 is 0 Å². The van der Waals surface area contributed by atoms with E-state index in [2.05, 4.69) is 21.4 Å². The van der Waals surface area contributed by atoms with E-state index in [0.717, 1.165) is 0 Å². The summed E-state index contributed by atoms with van der Waals surface area (Å²) in [6.45, 7) is 3.63. The van der Waals surface area contributed by atoms with Gasteiger partial charge in [-0.2, -0.15) is 0 Å². The van der Waals surface area contributed by atoms with Crippen LogP contribution < -0.4 is 0 Å². The molecule has 0 aromatic heterocycles. The maximum absolute atomic E-state index is 3.63. The first-order valence-corrected chi connectivity index (χ1v) is 12.7. The van der Waals surface area contributed by atoms with Crippen LogP contribution in [0.3, 0.4) is 0 Å². The second-order valence-electron chi connectivity index (χ2n) is 3.11. The van der Waals surface area contributed by atoms with Crippen LogP contribution >= 0.6 is 0 Å². The van der Waals surface area contributed by atoms with E-state index in [9.17, 15) is 0 Å². The Bertz CT molecular complexity index is 199. The molecule has 0 amide bonds. The first-order chi connectivity index (χ1) is 5.66. The summed E-state index contributed by atoms with van der Waals surface area (Å²) in [5.41, 5.74) is 1.17. The summed E-state index contributed by atoms with van der Waals surface area (Å²) < 4.78 is 0. The van der Waals surface area contributed by atoms with Crippen molar-refractivity contribution in [3.05, 3.63) is 42.5 Å². The minimum absolute atomic E-state index is 0.543. The van der Waals surface area contributed by atoms with Crippen molar-refractivity contribution in [1.82, 2.24) is 0 Å². The van der Waals surface area contributed by atoms with Crippen LogP contribution in [-0.4, -0.2) is 19.8 Å². The van der Waals surface area contributed by atoms with E-state index >= 15 is 0 Å². The van der Waals surface area contributed by atoms with Crippen molar-refractivity contribution in [3.63, 3.8) is 0 Å². The van der Waals surface area contributed by atoms with E-state index in [-0.39, 0.29) is 0 Å². The molecule has 1 aromatic rings. The van der Waals surface area contributed by atoms with Gasteiger partial charge in [-0.05, 0) is 5.56 Å². The van der Waals surface area contributed by atoms with Gasteiger partial charge in [0.05, 0.1) is 0 Å². The quantitative estimate of drug-likeness (QED) is 0.681. The Kier molecular flexibility index (Phi) is 7.26. The Morgan fingerprint density at radius 3 is 1.75 bits per heavy atom. The molecule has 12 heavy (non-hydrogen) atoms. The summed E-state index contributed by atoms with van der Waals surface area (Å²) in [4.78, 5) is 7.09. The number of rotatable bonds is 1. The van der Waals surface area contributed by atoms with Crippen molar-refractivity contribution in [2.45, 2.75) is 14.8 Å². The molecule has 0 aliphatic rings. The molecular formula is C11H17Sn. The SMILES string of the molecule is C=Cc1ccccc1.[CH3][Sn]([CH3])[CH3]. The molecule has 65 valence electrons. The van der Waals surface area contributed by atoms with Crippen LogP contribution in [0.15, 0.2) is 36.9 Å². The molecule has 0 bridgehead atoms. The van der Waals surface area contributed by atoms with Crippen LogP contribution in [0.25, 0.3) is 6.08 Å². The first kappa shape index (κ1) is 11.8. The number of benzene rings is 1. The van der Waals surface area contributed by atoms with Gasteiger partial charge in [-0.15, -0.1) is 0 Å². The summed E-state index contributed by atoms with van der Waals surface area (Å²) in [6, 6.07) is 10.0. The van der Waals surface area contributed by atoms with E-state index in [1.807, 2.05) is 36.4 Å². The third kappa shape index (κ3) is 7.86. The van der Waals surface area contributed by atoms with E-state index in [1.54, 1.807) is 0 Å². The molecule has 0 atom stereocenters. The molecular weight excluding hydrogens is 251 g/mol. The average molecular weight is 268 g/mol. The zero-order valence-corrected chi connectivity index (χ0v) is 11.0. The fraction of sp³-hybridized carbons (Fsp3) is 0.273. The van der Waals surface area contributed by atoms with Crippen molar-refractivity contribution in [3.8, 4) is 0 Å². The molecule has 1 heteroatoms. The summed E-state index contributed by atoms with van der Waals surface area (Å²) in [5.74, 6) is 0. The standard InChI is InChI=1S/C8H8.3CH3.Sn/c1-2-8-6-4-3-5-7-8;;;;/h2-7H,1H2;3*1H3;. The molecule has 0 saturated heterocycles. The van der Waals surface area contributed by atoms with Crippen LogP contribution in [0.4, 0.5) is 0 Å². The van der Waals surface area contributed by atoms with Crippen molar-refractivity contribution in [2.75, 3.05) is 0 Å². The molecule has 0 saturated carbocycles. The minimum atomic E-state index is -0.543. The van der Waals surface area contributed by atoms with Gasteiger partial charge in [0.1, 0.15) is 0 Å². The molecule has 0 unspecified atom stereocenters. The molecule has 1 aromatic carbocycles. The Balaban J connectivity index is 0.000000261. The molecule has 0 heterocycles. The Labute approximate surface area is 83.1 Å². The van der Waals surface area contributed by atoms with Crippen LogP contribution in [0.5, 0.6) is 0 Å². The van der Waals surface area contributed by atoms with Crippen molar-refractivity contribution >= 4 is 25.8 Å². The van der Waals surface area contributed by atoms with Crippen LogP contribution in [0, 0.1) is 0 Å². The van der Waals surface area contributed by atoms with Gasteiger partial charge in [-0.25, -0.2) is 0 Å². The Hall–Kier alpha value is -0.241. The van der Waals surface area contributed by atoms with E-state index in [4.69, 9.17) is 0 Å². The maximum atomic E-state index is 3.63. The molecule has 1 radical (unpaired) electrons. The van der Waals surface area contributed by atoms with Crippen molar-refractivity contribution in [1.29, 1.82) is 0 Å². The van der Waals surface area contributed by atoms with Crippen molar-refractivity contribution in [2.24, 2.45) is 0 Å². The molecule has 0 N–H and O–H groups in total. The molecule has 0 aliphatic heterocycles. The van der Waals surface area contributed by atoms with Gasteiger partial charge >= 0.3 is 34.6 Å². The number of hydrogen-bond donors (Lipinski definition) is 0. The zero-order chi connectivity index (χ0) is 9.40. The van der Waals surface area contributed by atoms with E-state index in [0.29, 0.717) is 0 Å². The molecule has 0 nitrogen and oxygen atoms in total. The molecule has 0 aliphatic carbocycles. The van der Waals surface area contributed by atoms with Gasteiger partial charge in [-0.1, -0.05) is 43.0 Å². The Morgan fingerprint density at radius 1 is 1.08 bits per heavy atom. The van der Waals surface area contributed by atoms with E-state index < -0.39 is 19.8 Å². The molecule has 1 rings (SSSR count). The Morgan fingerprint density at radius 2 is 1.50 bits per heavy atom. The summed E-state index contributed by atoms with van der Waals surface area (Å²) in [6.07, 6.45) is 1.83. The molecule has 0 fully saturated rings. The van der Waals surface area contributed by atoms with Gasteiger partial charge in [0.25, 0.3) is 0 Å². The predicted molar refractivity (Wildman–Crippen MR) is 59.9 cm³/mol. The predicted octanol–water partition coefficient (Wildman–Crippen LogP) is 3.70. The van der Waals surface area contributed by atoms with Gasteiger partial charge < -0.3 is 0 Å². The van der Waals surface area contributed by atoms with E-state index in [1.165, 1.54) is 5.56 Å². The number of hydrogen-bond acceptors (Lipinski definition) is 0. The third-order valence-electron chi connectivity index (χ3n) is 1.04. The monoisotopic (exact) mass is 269 g/mol. The summed E-state index contributed by atoms with van der Waals surface area (Å²) in [5, 5.41) is 0. The second-order valence-corrected chi connectivity index (χ2v) is 11.7. The van der Waals surface area contributed by atoms with Crippen LogP contribution in [0.2, 0.25) is 14.8 Å². The second kappa shape index (κ2) is 7.41. The average Bonchev–Trinajstić information content (AvgIpc) is 2.05. The van der Waals surface area contributed by atoms with Gasteiger partial charge in [0, 0.05) is 0 Å². The first-order valence-electron chi connectivity index (χ1n) is 4.11. The third-order valence-corrected chi connectivity index (χ3v) is 1.04. The summed E-state index contributed by atoms with van der Waals surface area (Å²) >= 11 is -0.543. The fourth-order valence-corrected chi connectivity index (χ4v) is 0.589. The van der Waals surface area contributed by atoms with Crippen LogP contribution in [0.1, 0.15) is 5.56 Å². The van der Waals surface area contributed by atoms with Crippen LogP contribution in [-0.2, 0) is 0 Å². The fourth-order valence-electron chi connectivity index (χ4n) is 0.589. The molecule has 0 spiro atoms. The van der Waals surface area contributed by atoms with Gasteiger partial charge in [0.2, 0.25) is 0 Å². The topological polar surface area (TPSA) is 0 Å². The normalized spacial score (nSPS) is 8.67. The summed E-state index contributed by atoms with van der Waals surface area (Å²) in [7, 11) is 0. The zero-order valence-electron chi connectivity index (χ0n) is 8.17. The van der Waals surface area contributed by atoms with Gasteiger partial charge in [0.15, 0.2) is 0 Å².